The molecule has 300 valence electrons. The molecular weight excluding hydrogens is 810 g/mol. The predicted octanol–water partition coefficient (Wildman–Crippen LogP) is 5.47. The van der Waals surface area contributed by atoms with E-state index in [2.05, 4.69) is 81.4 Å². The first kappa shape index (κ1) is 65.3. The van der Waals surface area contributed by atoms with E-state index in [1.54, 1.807) is 0 Å². The van der Waals surface area contributed by atoms with Crippen molar-refractivity contribution in [1.82, 2.24) is 0 Å². The Morgan fingerprint density at radius 2 is 0.224 bits per heavy atom. The molecule has 0 saturated heterocycles. The van der Waals surface area contributed by atoms with Crippen LogP contribution in [0, 0.1) is 0 Å². The summed E-state index contributed by atoms with van der Waals surface area (Å²) in [7, 11) is 6.29. The zero-order chi connectivity index (χ0) is 39.7. The van der Waals surface area contributed by atoms with Gasteiger partial charge in [0.25, 0.3) is 0 Å². The van der Waals surface area contributed by atoms with Crippen molar-refractivity contribution in [1.29, 1.82) is 0 Å². The van der Waals surface area contributed by atoms with Gasteiger partial charge in [-0.05, 0) is 0 Å². The first-order valence-corrected chi connectivity index (χ1v) is 20.8. The van der Waals surface area contributed by atoms with Crippen LogP contribution in [-0.2, 0) is 81.4 Å². The zero-order valence-corrected chi connectivity index (χ0v) is 38.2. The monoisotopic (exact) mass is 870 g/mol. The molecule has 0 rings (SSSR count). The normalized spacial score (nSPS) is 11.6. The topological polar surface area (TPSA) is 295 Å². The van der Waals surface area contributed by atoms with Gasteiger partial charge in [-0.25, -0.2) is 109 Å². The van der Waals surface area contributed by atoms with Crippen molar-refractivity contribution in [3.05, 3.63) is 0 Å². The summed E-state index contributed by atoms with van der Waals surface area (Å²) >= 11 is 0. The first-order valence-electron chi connectivity index (χ1n) is 11.8. The average Bonchev–Trinajstić information content (AvgIpc) is 3.17. The second kappa shape index (κ2) is 37.7. The molecule has 0 atom stereocenters. The second-order valence-corrected chi connectivity index (χ2v) is 18.3. The Hall–Kier alpha value is 1.43. The second-order valence-electron chi connectivity index (χ2n) is 6.10. The average molecular weight is 871 g/mol. The Morgan fingerprint density at radius 1 is 0.184 bits per heavy atom. The molecule has 0 saturated carbocycles. The number of rotatable bonds is 18. The van der Waals surface area contributed by atoms with Crippen molar-refractivity contribution >= 4 is 70.0 Å². The van der Waals surface area contributed by atoms with Crippen molar-refractivity contribution < 1.29 is 109 Å². The van der Waals surface area contributed by atoms with Gasteiger partial charge in [0.1, 0.15) is 0 Å². The van der Waals surface area contributed by atoms with Gasteiger partial charge in [0.05, 0.1) is 128 Å². The largest absolute Gasteiger partial charge is 2.00 e. The smallest absolute Gasteiger partial charge is 0.248 e. The summed E-state index contributed by atoms with van der Waals surface area (Å²) < 4.78 is 134. The van der Waals surface area contributed by atoms with Gasteiger partial charge in [-0.15, -0.1) is 0 Å². The standard InChI is InChI=1S/6C3H9O4P.Mg/c6*1-5-8(4,6-2)7-3;/h6*1-3H3;/q;;;;;;+2/p+6. The molecule has 0 spiro atoms. The van der Waals surface area contributed by atoms with Crippen LogP contribution in [0.1, 0.15) is 0 Å². The summed E-state index contributed by atoms with van der Waals surface area (Å²) in [6.07, 6.45) is 0. The van der Waals surface area contributed by atoms with Crippen molar-refractivity contribution in [2.24, 2.45) is 0 Å². The summed E-state index contributed by atoms with van der Waals surface area (Å²) in [6, 6.07) is 0. The molecule has 6 N–H and O–H groups in total. The third-order valence-corrected chi connectivity index (χ3v) is 12.5. The molecule has 0 radical (unpaired) electrons. The van der Waals surface area contributed by atoms with E-state index in [1.807, 2.05) is 0 Å². The van der Waals surface area contributed by atoms with Gasteiger partial charge in [0, 0.05) is 0 Å². The fourth-order valence-corrected chi connectivity index (χ4v) is 4.02. The van der Waals surface area contributed by atoms with Crippen molar-refractivity contribution in [3.8, 4) is 0 Å². The molecule has 0 unspecified atom stereocenters. The Labute approximate surface area is 306 Å². The molecule has 0 bridgehead atoms. The van der Waals surface area contributed by atoms with E-state index >= 15 is 0 Å². The first-order chi connectivity index (χ1) is 22.1. The van der Waals surface area contributed by atoms with E-state index in [1.165, 1.54) is 128 Å². The molecular formula is C18H60MgO24P6+8. The maximum Gasteiger partial charge on any atom is 2.00 e. The van der Waals surface area contributed by atoms with Gasteiger partial charge in [-0.2, -0.15) is 0 Å². The zero-order valence-electron chi connectivity index (χ0n) is 31.4. The van der Waals surface area contributed by atoms with Crippen molar-refractivity contribution in [2.45, 2.75) is 0 Å². The van der Waals surface area contributed by atoms with Crippen molar-refractivity contribution in [3.63, 3.8) is 0 Å². The summed E-state index contributed by atoms with van der Waals surface area (Å²) in [4.78, 5) is 0. The number of hydrogen-bond acceptors (Lipinski definition) is 18. The summed E-state index contributed by atoms with van der Waals surface area (Å²) in [5.74, 6) is 0. The third-order valence-electron chi connectivity index (χ3n) is 4.15. The molecule has 24 nitrogen and oxygen atoms in total. The van der Waals surface area contributed by atoms with Crippen LogP contribution in [-0.4, -0.2) is 178 Å². The molecule has 49 heavy (non-hydrogen) atoms. The SMILES string of the molecule is COP(=[OH+])(OC)OC.COP(=[OH+])(OC)OC.COP(=[OH+])(OC)OC.COP(=[OH+])(OC)OC.COP(=[OH+])(OC)OC.COP(=[OH+])(OC)OC.[Mg+2]. The minimum atomic E-state index is -2.91. The maximum absolute atomic E-state index is 8.88. The molecule has 0 heterocycles. The van der Waals surface area contributed by atoms with Crippen LogP contribution in [0.2, 0.25) is 0 Å². The molecule has 0 aromatic carbocycles. The van der Waals surface area contributed by atoms with Gasteiger partial charge < -0.3 is 0 Å². The fraction of sp³-hybridized carbons (Fsp3) is 1.00. The minimum absolute atomic E-state index is 0. The molecule has 0 aromatic rings. The van der Waals surface area contributed by atoms with E-state index in [9.17, 15) is 0 Å². The summed E-state index contributed by atoms with van der Waals surface area (Å²) in [5, 5.41) is 0. The van der Waals surface area contributed by atoms with E-state index < -0.39 is 46.9 Å². The van der Waals surface area contributed by atoms with Gasteiger partial charge >= 0.3 is 70.0 Å². The Bertz CT molecular complexity index is 703. The fourth-order valence-electron chi connectivity index (χ4n) is 1.34. The van der Waals surface area contributed by atoms with Crippen LogP contribution in [0.15, 0.2) is 0 Å². The molecule has 0 aromatic heterocycles. The minimum Gasteiger partial charge on any atom is -0.248 e. The summed E-state index contributed by atoms with van der Waals surface area (Å²) in [6.45, 7) is 0. The Balaban J connectivity index is -0.0000000860. The van der Waals surface area contributed by atoms with Gasteiger partial charge in [-0.3, -0.25) is 0 Å². The van der Waals surface area contributed by atoms with E-state index in [-0.39, 0.29) is 23.1 Å². The maximum atomic E-state index is 8.88. The van der Waals surface area contributed by atoms with Gasteiger partial charge in [0.2, 0.25) is 0 Å². The molecule has 0 aliphatic rings. The molecule has 0 amide bonds. The van der Waals surface area contributed by atoms with E-state index in [4.69, 9.17) is 27.4 Å². The van der Waals surface area contributed by atoms with Crippen LogP contribution in [0.5, 0.6) is 0 Å². The van der Waals surface area contributed by atoms with Crippen molar-refractivity contribution in [2.75, 3.05) is 128 Å². The Morgan fingerprint density at radius 3 is 0.224 bits per heavy atom. The number of hydrogen-bond donors (Lipinski definition) is 0. The quantitative estimate of drug-likeness (QED) is 0.0936. The molecule has 0 aliphatic carbocycles. The predicted molar refractivity (Wildman–Crippen MR) is 185 cm³/mol. The molecule has 0 fully saturated rings. The Kier molecular flexibility index (Phi) is 50.3. The van der Waals surface area contributed by atoms with Crippen LogP contribution >= 0.6 is 46.9 Å². The molecule has 0 aliphatic heterocycles. The van der Waals surface area contributed by atoms with Crippen LogP contribution < -0.4 is 0 Å². The third kappa shape index (κ3) is 36.2. The van der Waals surface area contributed by atoms with Crippen LogP contribution in [0.3, 0.4) is 0 Å². The van der Waals surface area contributed by atoms with Gasteiger partial charge in [0.15, 0.2) is 0 Å². The van der Waals surface area contributed by atoms with E-state index in [0.29, 0.717) is 0 Å². The summed E-state index contributed by atoms with van der Waals surface area (Å²) in [5.41, 5.74) is 0. The van der Waals surface area contributed by atoms with Gasteiger partial charge in [-0.1, -0.05) is 0 Å². The van der Waals surface area contributed by atoms with E-state index in [0.717, 1.165) is 0 Å². The molecule has 31 heteroatoms. The van der Waals surface area contributed by atoms with Crippen LogP contribution in [0.25, 0.3) is 0 Å². The van der Waals surface area contributed by atoms with Crippen LogP contribution in [0.4, 0.5) is 0 Å².